The summed E-state index contributed by atoms with van der Waals surface area (Å²) in [6, 6.07) is 17.3. The maximum atomic E-state index is 13.0. The first-order chi connectivity index (χ1) is 17.1. The highest BCUT2D eigenvalue weighted by Gasteiger charge is 2.25. The van der Waals surface area contributed by atoms with E-state index >= 15 is 0 Å². The van der Waals surface area contributed by atoms with E-state index in [2.05, 4.69) is 43.3 Å². The normalized spacial score (nSPS) is 11.4. The van der Waals surface area contributed by atoms with Gasteiger partial charge in [0.1, 0.15) is 11.4 Å². The van der Waals surface area contributed by atoms with E-state index in [1.165, 1.54) is 10.2 Å². The lowest BCUT2D eigenvalue weighted by Gasteiger charge is -2.08. The Morgan fingerprint density at radius 3 is 2.60 bits per heavy atom. The number of nitrogens with two attached hydrogens (primary N) is 1. The molecule has 2 aromatic carbocycles. The van der Waals surface area contributed by atoms with Gasteiger partial charge in [0.2, 0.25) is 11.6 Å². The summed E-state index contributed by atoms with van der Waals surface area (Å²) in [6.07, 6.45) is 2.41. The van der Waals surface area contributed by atoms with Crippen LogP contribution in [0.3, 0.4) is 0 Å². The first-order valence-corrected chi connectivity index (χ1v) is 11.2. The number of nitrogens with zero attached hydrogens (tertiary/aromatic N) is 6. The van der Waals surface area contributed by atoms with Gasteiger partial charge in [-0.25, -0.2) is 10.1 Å². The second-order valence-electron chi connectivity index (χ2n) is 7.82. The summed E-state index contributed by atoms with van der Waals surface area (Å²) in [5.41, 5.74) is 11.5. The number of carbonyl (C=O) groups is 1. The number of carbonyl (C=O) groups excluding carboxylic acids is 1. The van der Waals surface area contributed by atoms with Crippen molar-refractivity contribution in [2.24, 2.45) is 5.10 Å². The van der Waals surface area contributed by atoms with Gasteiger partial charge in [0.05, 0.1) is 6.61 Å². The lowest BCUT2D eigenvalue weighted by atomic mass is 10.1. The van der Waals surface area contributed by atoms with Crippen molar-refractivity contribution in [2.75, 3.05) is 12.3 Å². The Bertz CT molecular complexity index is 1300. The van der Waals surface area contributed by atoms with Crippen LogP contribution in [0.1, 0.15) is 42.7 Å². The summed E-state index contributed by atoms with van der Waals surface area (Å²) in [5.74, 6) is 0.328. The highest BCUT2D eigenvalue weighted by molar-refractivity contribution is 5.99. The Morgan fingerprint density at radius 2 is 1.91 bits per heavy atom. The van der Waals surface area contributed by atoms with E-state index < -0.39 is 5.91 Å². The van der Waals surface area contributed by atoms with Crippen LogP contribution in [0.5, 0.6) is 5.75 Å². The summed E-state index contributed by atoms with van der Waals surface area (Å²) in [6.45, 7) is 4.50. The average Bonchev–Trinajstić information content (AvgIpc) is 3.51. The minimum absolute atomic E-state index is 0.0146. The smallest absolute Gasteiger partial charge is 0.294 e. The highest BCUT2D eigenvalue weighted by Crippen LogP contribution is 2.28. The molecule has 0 aliphatic heterocycles. The van der Waals surface area contributed by atoms with Crippen LogP contribution in [0.4, 0.5) is 5.82 Å². The molecule has 3 N–H and O–H groups in total. The fraction of sp³-hybridized carbons (Fsp3) is 0.250. The lowest BCUT2D eigenvalue weighted by molar-refractivity contribution is 0.0950. The monoisotopic (exact) mass is 474 g/mol. The quantitative estimate of drug-likeness (QED) is 0.262. The van der Waals surface area contributed by atoms with E-state index in [1.54, 1.807) is 24.3 Å². The van der Waals surface area contributed by atoms with Gasteiger partial charge in [-0.3, -0.25) is 4.79 Å². The minimum atomic E-state index is -0.522. The zero-order chi connectivity index (χ0) is 24.6. The maximum absolute atomic E-state index is 13.0. The molecule has 0 aliphatic carbocycles. The Hall–Kier alpha value is -4.54. The second-order valence-corrected chi connectivity index (χ2v) is 7.82. The molecular weight excluding hydrogens is 448 g/mol. The van der Waals surface area contributed by atoms with Gasteiger partial charge in [-0.15, -0.1) is 5.10 Å². The molecule has 35 heavy (non-hydrogen) atoms. The van der Waals surface area contributed by atoms with Gasteiger partial charge in [-0.05, 0) is 66.3 Å². The molecule has 2 aromatic heterocycles. The number of hydrogen-bond donors (Lipinski definition) is 2. The average molecular weight is 475 g/mol. The van der Waals surface area contributed by atoms with Crippen molar-refractivity contribution in [2.45, 2.75) is 33.1 Å². The first-order valence-electron chi connectivity index (χ1n) is 11.2. The van der Waals surface area contributed by atoms with Crippen molar-refractivity contribution in [3.8, 4) is 22.8 Å². The summed E-state index contributed by atoms with van der Waals surface area (Å²) in [4.78, 5) is 13.0. The number of nitrogens with one attached hydrogen (secondary N) is 1. The predicted octanol–water partition coefficient (Wildman–Crippen LogP) is 3.43. The predicted molar refractivity (Wildman–Crippen MR) is 130 cm³/mol. The number of aryl methyl sites for hydroxylation is 1. The third-order valence-electron chi connectivity index (χ3n) is 5.15. The van der Waals surface area contributed by atoms with Gasteiger partial charge in [0.15, 0.2) is 5.69 Å². The van der Waals surface area contributed by atoms with Crippen LogP contribution in [0.2, 0.25) is 0 Å². The van der Waals surface area contributed by atoms with Gasteiger partial charge in [-0.2, -0.15) is 9.78 Å². The van der Waals surface area contributed by atoms with Crippen LogP contribution in [0.15, 0.2) is 64.3 Å². The largest absolute Gasteiger partial charge is 0.494 e. The standard InChI is InChI=1S/C24H26N8O3/c1-3-15-34-19-13-11-18(12-14-19)21-20(27-31-32(21)23-22(25)29-35-30-23)24(33)28-26-16(2)9-10-17-7-5-4-6-8-17/h4-8,11-14H,3,9-10,15H2,1-2H3,(H2,25,29)(H,28,33)/b26-16-. The molecule has 0 aliphatic rings. The molecule has 4 aromatic rings. The van der Waals surface area contributed by atoms with E-state index in [4.69, 9.17) is 15.1 Å². The molecule has 0 saturated carbocycles. The van der Waals surface area contributed by atoms with Gasteiger partial charge in [0.25, 0.3) is 5.91 Å². The summed E-state index contributed by atoms with van der Waals surface area (Å²) < 4.78 is 11.7. The third-order valence-corrected chi connectivity index (χ3v) is 5.15. The van der Waals surface area contributed by atoms with Gasteiger partial charge in [0, 0.05) is 11.3 Å². The number of anilines is 1. The molecule has 2 heterocycles. The van der Waals surface area contributed by atoms with Crippen LogP contribution >= 0.6 is 0 Å². The number of nitrogen functional groups attached to an aromatic ring is 1. The Kier molecular flexibility index (Phi) is 7.46. The number of hydrazone groups is 1. The molecule has 0 unspecified atom stereocenters. The molecule has 0 bridgehead atoms. The molecule has 0 spiro atoms. The van der Waals surface area contributed by atoms with Crippen molar-refractivity contribution >= 4 is 17.4 Å². The van der Waals surface area contributed by atoms with Crippen LogP contribution in [0.25, 0.3) is 17.1 Å². The van der Waals surface area contributed by atoms with Crippen molar-refractivity contribution in [3.05, 3.63) is 65.9 Å². The van der Waals surface area contributed by atoms with Crippen LogP contribution in [-0.2, 0) is 6.42 Å². The fourth-order valence-corrected chi connectivity index (χ4v) is 3.33. The maximum Gasteiger partial charge on any atom is 0.294 e. The molecule has 0 saturated heterocycles. The zero-order valence-electron chi connectivity index (χ0n) is 19.5. The van der Waals surface area contributed by atoms with Crippen molar-refractivity contribution in [1.82, 2.24) is 30.7 Å². The molecule has 1 amide bonds. The molecule has 4 rings (SSSR count). The lowest BCUT2D eigenvalue weighted by Crippen LogP contribution is -2.20. The number of benzene rings is 2. The zero-order valence-corrected chi connectivity index (χ0v) is 19.5. The molecule has 0 atom stereocenters. The van der Waals surface area contributed by atoms with Crippen LogP contribution < -0.4 is 15.9 Å². The summed E-state index contributed by atoms with van der Waals surface area (Å²) in [5, 5.41) is 19.8. The van der Waals surface area contributed by atoms with Crippen molar-refractivity contribution in [3.63, 3.8) is 0 Å². The van der Waals surface area contributed by atoms with Crippen LogP contribution in [-0.4, -0.2) is 43.5 Å². The third kappa shape index (κ3) is 5.69. The van der Waals surface area contributed by atoms with Gasteiger partial charge < -0.3 is 10.5 Å². The number of rotatable bonds is 10. The second kappa shape index (κ2) is 11.1. The van der Waals surface area contributed by atoms with Crippen molar-refractivity contribution in [1.29, 1.82) is 0 Å². The number of aromatic nitrogens is 5. The van der Waals surface area contributed by atoms with E-state index in [1.807, 2.05) is 32.0 Å². The minimum Gasteiger partial charge on any atom is -0.494 e. The fourth-order valence-electron chi connectivity index (χ4n) is 3.33. The van der Waals surface area contributed by atoms with E-state index in [0.717, 1.165) is 18.6 Å². The molecule has 11 heteroatoms. The number of amides is 1. The summed E-state index contributed by atoms with van der Waals surface area (Å²) >= 11 is 0. The SMILES string of the molecule is CCCOc1ccc(-c2c(C(=O)N/N=C(/C)CCc3ccccc3)nnn2-c2nonc2N)cc1. The molecular formula is C24H26N8O3. The molecule has 0 radical (unpaired) electrons. The topological polar surface area (TPSA) is 146 Å². The van der Waals surface area contributed by atoms with Crippen molar-refractivity contribution < 1.29 is 14.2 Å². The molecule has 0 fully saturated rings. The van der Waals surface area contributed by atoms with E-state index in [9.17, 15) is 4.79 Å². The van der Waals surface area contributed by atoms with Gasteiger partial charge >= 0.3 is 0 Å². The Morgan fingerprint density at radius 1 is 1.14 bits per heavy atom. The molecule has 180 valence electrons. The highest BCUT2D eigenvalue weighted by atomic mass is 16.6. The first kappa shape index (κ1) is 23.6. The number of ether oxygens (including phenoxy) is 1. The van der Waals surface area contributed by atoms with E-state index in [-0.39, 0.29) is 17.3 Å². The molecule has 11 nitrogen and oxygen atoms in total. The number of hydrogen-bond acceptors (Lipinski definition) is 9. The van der Waals surface area contributed by atoms with Gasteiger partial charge in [-0.1, -0.05) is 42.5 Å². The Balaban J connectivity index is 1.57. The van der Waals surface area contributed by atoms with E-state index in [0.29, 0.717) is 30.0 Å². The Labute approximate surface area is 201 Å². The summed E-state index contributed by atoms with van der Waals surface area (Å²) in [7, 11) is 0. The van der Waals surface area contributed by atoms with Crippen LogP contribution in [0, 0.1) is 0 Å².